The van der Waals surface area contributed by atoms with Crippen LogP contribution in [0.5, 0.6) is 0 Å². The van der Waals surface area contributed by atoms with E-state index >= 15 is 0 Å². The Bertz CT molecular complexity index is 272. The van der Waals surface area contributed by atoms with Crippen LogP contribution in [0, 0.1) is 23.7 Å². The molecule has 0 radical (unpaired) electrons. The largest absolute Gasteiger partial charge is 0.381 e. The van der Waals surface area contributed by atoms with Crippen LogP contribution >= 0.6 is 0 Å². The minimum atomic E-state index is 0.867. The van der Waals surface area contributed by atoms with Gasteiger partial charge in [0.1, 0.15) is 0 Å². The molecule has 0 atom stereocenters. The molecule has 2 saturated carbocycles. The first kappa shape index (κ1) is 19.3. The molecule has 0 aromatic heterocycles. The Kier molecular flexibility index (Phi) is 9.65. The molecule has 0 amide bonds. The summed E-state index contributed by atoms with van der Waals surface area (Å²) >= 11 is 0. The molecule has 23 heavy (non-hydrogen) atoms. The van der Waals surface area contributed by atoms with Crippen molar-refractivity contribution in [3.63, 3.8) is 0 Å². The van der Waals surface area contributed by atoms with Crippen molar-refractivity contribution < 1.29 is 4.74 Å². The van der Waals surface area contributed by atoms with E-state index in [-0.39, 0.29) is 0 Å². The molecule has 0 N–H and O–H groups in total. The SMILES string of the molecule is CCCCC1CCC(CCC2CCC(COCCC)CC2)CC1. The summed E-state index contributed by atoms with van der Waals surface area (Å²) in [6, 6.07) is 0. The molecule has 1 heteroatoms. The molecule has 0 unspecified atom stereocenters. The zero-order chi connectivity index (χ0) is 16.3. The lowest BCUT2D eigenvalue weighted by Gasteiger charge is -2.32. The Balaban J connectivity index is 1.51. The average Bonchev–Trinajstić information content (AvgIpc) is 2.60. The summed E-state index contributed by atoms with van der Waals surface area (Å²) in [7, 11) is 0. The molecular formula is C22H42O. The highest BCUT2D eigenvalue weighted by Crippen LogP contribution is 2.37. The second kappa shape index (κ2) is 11.5. The first-order valence-corrected chi connectivity index (χ1v) is 10.9. The third kappa shape index (κ3) is 7.59. The standard InChI is InChI=1S/C22H42O/c1-3-5-6-19-7-9-20(10-8-19)11-12-21-13-15-22(16-14-21)18-23-17-4-2/h19-22H,3-18H2,1-2H3. The molecule has 0 heterocycles. The number of ether oxygens (including phenoxy) is 1. The first-order chi connectivity index (χ1) is 11.3. The molecule has 1 nitrogen and oxygen atoms in total. The van der Waals surface area contributed by atoms with E-state index < -0.39 is 0 Å². The summed E-state index contributed by atoms with van der Waals surface area (Å²) < 4.78 is 5.75. The van der Waals surface area contributed by atoms with Crippen LogP contribution < -0.4 is 0 Å². The molecule has 2 aliphatic carbocycles. The molecule has 2 aliphatic rings. The van der Waals surface area contributed by atoms with E-state index in [4.69, 9.17) is 4.74 Å². The van der Waals surface area contributed by atoms with Gasteiger partial charge in [-0.2, -0.15) is 0 Å². The Morgan fingerprint density at radius 3 is 1.57 bits per heavy atom. The van der Waals surface area contributed by atoms with Crippen molar-refractivity contribution in [2.24, 2.45) is 23.7 Å². The highest BCUT2D eigenvalue weighted by atomic mass is 16.5. The Hall–Kier alpha value is -0.0400. The maximum Gasteiger partial charge on any atom is 0.0494 e. The summed E-state index contributed by atoms with van der Waals surface area (Å²) in [6.45, 7) is 6.52. The van der Waals surface area contributed by atoms with Gasteiger partial charge >= 0.3 is 0 Å². The lowest BCUT2D eigenvalue weighted by molar-refractivity contribution is 0.0763. The highest BCUT2D eigenvalue weighted by molar-refractivity contribution is 4.76. The predicted octanol–water partition coefficient (Wildman–Crippen LogP) is 7.00. The van der Waals surface area contributed by atoms with Crippen LogP contribution in [0.15, 0.2) is 0 Å². The van der Waals surface area contributed by atoms with Crippen molar-refractivity contribution in [3.05, 3.63) is 0 Å². The maximum atomic E-state index is 5.75. The molecule has 0 saturated heterocycles. The van der Waals surface area contributed by atoms with E-state index in [0.717, 1.165) is 43.3 Å². The second-order valence-corrected chi connectivity index (χ2v) is 8.57. The Morgan fingerprint density at radius 2 is 1.09 bits per heavy atom. The summed E-state index contributed by atoms with van der Waals surface area (Å²) in [5, 5.41) is 0. The Labute approximate surface area is 146 Å². The summed E-state index contributed by atoms with van der Waals surface area (Å²) in [5.74, 6) is 4.05. The van der Waals surface area contributed by atoms with Crippen LogP contribution in [0.25, 0.3) is 0 Å². The number of unbranched alkanes of at least 4 members (excludes halogenated alkanes) is 1. The summed E-state index contributed by atoms with van der Waals surface area (Å²) in [6.07, 6.45) is 20.5. The maximum absolute atomic E-state index is 5.75. The molecule has 0 bridgehead atoms. The second-order valence-electron chi connectivity index (χ2n) is 8.57. The van der Waals surface area contributed by atoms with Gasteiger partial charge < -0.3 is 4.74 Å². The van der Waals surface area contributed by atoms with E-state index in [1.54, 1.807) is 0 Å². The zero-order valence-corrected chi connectivity index (χ0v) is 16.0. The summed E-state index contributed by atoms with van der Waals surface area (Å²) in [5.41, 5.74) is 0. The highest BCUT2D eigenvalue weighted by Gasteiger charge is 2.24. The quantitative estimate of drug-likeness (QED) is 0.393. The van der Waals surface area contributed by atoms with Crippen LogP contribution in [0.4, 0.5) is 0 Å². The molecule has 2 fully saturated rings. The van der Waals surface area contributed by atoms with Crippen molar-refractivity contribution >= 4 is 0 Å². The fourth-order valence-corrected chi connectivity index (χ4v) is 4.85. The van der Waals surface area contributed by atoms with Crippen LogP contribution in [0.1, 0.15) is 104 Å². The topological polar surface area (TPSA) is 9.23 Å². The van der Waals surface area contributed by atoms with Crippen molar-refractivity contribution in [3.8, 4) is 0 Å². The summed E-state index contributed by atoms with van der Waals surface area (Å²) in [4.78, 5) is 0. The van der Waals surface area contributed by atoms with E-state index in [1.807, 2.05) is 0 Å². The third-order valence-corrected chi connectivity index (χ3v) is 6.58. The lowest BCUT2D eigenvalue weighted by atomic mass is 9.75. The van der Waals surface area contributed by atoms with Gasteiger partial charge in [0, 0.05) is 13.2 Å². The number of hydrogen-bond donors (Lipinski definition) is 0. The molecule has 0 aromatic carbocycles. The molecule has 2 rings (SSSR count). The van der Waals surface area contributed by atoms with Crippen molar-refractivity contribution in [1.82, 2.24) is 0 Å². The Morgan fingerprint density at radius 1 is 0.609 bits per heavy atom. The average molecular weight is 323 g/mol. The predicted molar refractivity (Wildman–Crippen MR) is 101 cm³/mol. The number of rotatable bonds is 10. The first-order valence-electron chi connectivity index (χ1n) is 10.9. The minimum Gasteiger partial charge on any atom is -0.381 e. The smallest absolute Gasteiger partial charge is 0.0494 e. The molecule has 0 aliphatic heterocycles. The lowest BCUT2D eigenvalue weighted by Crippen LogP contribution is -2.20. The van der Waals surface area contributed by atoms with Gasteiger partial charge in [-0.3, -0.25) is 0 Å². The van der Waals surface area contributed by atoms with Crippen LogP contribution in [0.3, 0.4) is 0 Å². The van der Waals surface area contributed by atoms with E-state index in [0.29, 0.717) is 0 Å². The van der Waals surface area contributed by atoms with Crippen LogP contribution in [-0.4, -0.2) is 13.2 Å². The number of hydrogen-bond acceptors (Lipinski definition) is 1. The van der Waals surface area contributed by atoms with Crippen molar-refractivity contribution in [1.29, 1.82) is 0 Å². The van der Waals surface area contributed by atoms with Gasteiger partial charge in [-0.15, -0.1) is 0 Å². The van der Waals surface area contributed by atoms with Crippen LogP contribution in [0.2, 0.25) is 0 Å². The van der Waals surface area contributed by atoms with Crippen molar-refractivity contribution in [2.45, 2.75) is 104 Å². The van der Waals surface area contributed by atoms with Gasteiger partial charge in [-0.05, 0) is 42.9 Å². The van der Waals surface area contributed by atoms with E-state index in [2.05, 4.69) is 13.8 Å². The fraction of sp³-hybridized carbons (Fsp3) is 1.00. The third-order valence-electron chi connectivity index (χ3n) is 6.58. The van der Waals surface area contributed by atoms with Gasteiger partial charge in [0.15, 0.2) is 0 Å². The molecule has 136 valence electrons. The molecule has 0 aromatic rings. The molecule has 0 spiro atoms. The van der Waals surface area contributed by atoms with Gasteiger partial charge in [-0.25, -0.2) is 0 Å². The normalized spacial score (nSPS) is 32.1. The minimum absolute atomic E-state index is 0.867. The van der Waals surface area contributed by atoms with Gasteiger partial charge in [0.25, 0.3) is 0 Å². The zero-order valence-electron chi connectivity index (χ0n) is 16.0. The van der Waals surface area contributed by atoms with Gasteiger partial charge in [-0.1, -0.05) is 84.5 Å². The van der Waals surface area contributed by atoms with Gasteiger partial charge in [0.2, 0.25) is 0 Å². The molecular weight excluding hydrogens is 280 g/mol. The van der Waals surface area contributed by atoms with E-state index in [1.165, 1.54) is 83.5 Å². The van der Waals surface area contributed by atoms with Crippen molar-refractivity contribution in [2.75, 3.05) is 13.2 Å². The van der Waals surface area contributed by atoms with Crippen LogP contribution in [-0.2, 0) is 4.74 Å². The monoisotopic (exact) mass is 322 g/mol. The fourth-order valence-electron chi connectivity index (χ4n) is 4.85. The van der Waals surface area contributed by atoms with Gasteiger partial charge in [0.05, 0.1) is 0 Å². The van der Waals surface area contributed by atoms with E-state index in [9.17, 15) is 0 Å².